The summed E-state index contributed by atoms with van der Waals surface area (Å²) in [5.41, 5.74) is 5.82. The van der Waals surface area contributed by atoms with Crippen molar-refractivity contribution in [1.82, 2.24) is 5.32 Å². The van der Waals surface area contributed by atoms with Gasteiger partial charge in [0.05, 0.1) is 7.11 Å². The molecule has 0 aromatic heterocycles. The lowest BCUT2D eigenvalue weighted by Gasteiger charge is -2.23. The van der Waals surface area contributed by atoms with E-state index < -0.39 is 0 Å². The molecule has 0 radical (unpaired) electrons. The Bertz CT molecular complexity index is 279. The normalized spacial score (nSPS) is 16.6. The second-order valence-corrected chi connectivity index (χ2v) is 4.78. The first kappa shape index (κ1) is 18.5. The van der Waals surface area contributed by atoms with Crippen molar-refractivity contribution in [2.75, 3.05) is 13.7 Å². The Morgan fingerprint density at radius 3 is 2.63 bits per heavy atom. The van der Waals surface area contributed by atoms with Gasteiger partial charge in [-0.05, 0) is 25.7 Å². The van der Waals surface area contributed by atoms with Crippen LogP contribution in [0.5, 0.6) is 0 Å². The van der Waals surface area contributed by atoms with Crippen LogP contribution in [0.1, 0.15) is 51.4 Å². The number of hydrogen-bond acceptors (Lipinski definition) is 3. The van der Waals surface area contributed by atoms with Gasteiger partial charge in [0.25, 0.3) is 0 Å². The molecule has 0 unspecified atom stereocenters. The first-order valence-corrected chi connectivity index (χ1v) is 6.85. The number of aliphatic imine (C=N–C) groups is 1. The van der Waals surface area contributed by atoms with Crippen LogP contribution in [0.15, 0.2) is 4.99 Å². The van der Waals surface area contributed by atoms with Gasteiger partial charge < -0.3 is 15.8 Å². The molecule has 6 heteroatoms. The summed E-state index contributed by atoms with van der Waals surface area (Å²) in [5, 5.41) is 3.27. The zero-order valence-electron chi connectivity index (χ0n) is 11.7. The highest BCUT2D eigenvalue weighted by atomic mass is 127. The van der Waals surface area contributed by atoms with Crippen molar-refractivity contribution < 1.29 is 9.53 Å². The fraction of sp³-hybridized carbons (Fsp3) is 0.846. The maximum atomic E-state index is 10.9. The molecule has 0 spiro atoms. The van der Waals surface area contributed by atoms with E-state index in [1.807, 2.05) is 0 Å². The van der Waals surface area contributed by atoms with E-state index >= 15 is 0 Å². The Balaban J connectivity index is 0.00000324. The van der Waals surface area contributed by atoms with E-state index in [0.29, 0.717) is 25.0 Å². The number of hydrogen-bond donors (Lipinski definition) is 2. The molecule has 0 aromatic rings. The summed E-state index contributed by atoms with van der Waals surface area (Å²) in [6, 6.07) is 0.498. The Labute approximate surface area is 132 Å². The van der Waals surface area contributed by atoms with Crippen LogP contribution < -0.4 is 11.1 Å². The highest BCUT2D eigenvalue weighted by Crippen LogP contribution is 2.16. The summed E-state index contributed by atoms with van der Waals surface area (Å²) in [5.74, 6) is 0.382. The molecule has 1 fully saturated rings. The van der Waals surface area contributed by atoms with E-state index in [4.69, 9.17) is 5.73 Å². The molecule has 0 aliphatic heterocycles. The average Bonchev–Trinajstić information content (AvgIpc) is 2.39. The van der Waals surface area contributed by atoms with Crippen LogP contribution in [0.2, 0.25) is 0 Å². The molecule has 19 heavy (non-hydrogen) atoms. The number of ether oxygens (including phenoxy) is 1. The number of nitrogens with one attached hydrogen (secondary N) is 1. The smallest absolute Gasteiger partial charge is 0.305 e. The van der Waals surface area contributed by atoms with Gasteiger partial charge in [-0.2, -0.15) is 0 Å². The molecule has 0 bridgehead atoms. The summed E-state index contributed by atoms with van der Waals surface area (Å²) < 4.78 is 4.57. The zero-order valence-corrected chi connectivity index (χ0v) is 14.0. The molecule has 0 amide bonds. The second kappa shape index (κ2) is 11.3. The molecule has 1 rings (SSSR count). The SMILES string of the molecule is COC(=O)CCCCN=C(N)NC1CCCCC1.I. The van der Waals surface area contributed by atoms with Crippen LogP contribution in [0.3, 0.4) is 0 Å². The van der Waals surface area contributed by atoms with E-state index in [1.165, 1.54) is 39.2 Å². The molecular formula is C13H26IN3O2. The number of unbranched alkanes of at least 4 members (excludes halogenated alkanes) is 1. The Hall–Kier alpha value is -0.530. The number of methoxy groups -OCH3 is 1. The summed E-state index contributed by atoms with van der Waals surface area (Å²) in [4.78, 5) is 15.1. The van der Waals surface area contributed by atoms with E-state index in [2.05, 4.69) is 15.0 Å². The molecule has 0 aromatic carbocycles. The number of rotatable bonds is 6. The molecular weight excluding hydrogens is 357 g/mol. The van der Waals surface area contributed by atoms with Crippen molar-refractivity contribution >= 4 is 35.9 Å². The Morgan fingerprint density at radius 2 is 2.00 bits per heavy atom. The van der Waals surface area contributed by atoms with E-state index in [1.54, 1.807) is 0 Å². The summed E-state index contributed by atoms with van der Waals surface area (Å²) in [6.45, 7) is 0.669. The third-order valence-corrected chi connectivity index (χ3v) is 3.26. The molecule has 112 valence electrons. The molecule has 0 atom stereocenters. The maximum absolute atomic E-state index is 10.9. The van der Waals surface area contributed by atoms with Gasteiger partial charge in [0, 0.05) is 19.0 Å². The number of guanidine groups is 1. The zero-order chi connectivity index (χ0) is 13.2. The third kappa shape index (κ3) is 9.07. The lowest BCUT2D eigenvalue weighted by atomic mass is 9.96. The van der Waals surface area contributed by atoms with Gasteiger partial charge in [-0.3, -0.25) is 9.79 Å². The van der Waals surface area contributed by atoms with Gasteiger partial charge in [0.1, 0.15) is 0 Å². The number of esters is 1. The topological polar surface area (TPSA) is 76.7 Å². The largest absolute Gasteiger partial charge is 0.469 e. The minimum absolute atomic E-state index is 0. The molecule has 1 aliphatic rings. The van der Waals surface area contributed by atoms with E-state index in [-0.39, 0.29) is 29.9 Å². The van der Waals surface area contributed by atoms with Crippen molar-refractivity contribution in [2.45, 2.75) is 57.4 Å². The number of nitrogens with two attached hydrogens (primary N) is 1. The molecule has 3 N–H and O–H groups in total. The van der Waals surface area contributed by atoms with Crippen molar-refractivity contribution in [3.05, 3.63) is 0 Å². The van der Waals surface area contributed by atoms with Crippen LogP contribution in [-0.2, 0) is 9.53 Å². The van der Waals surface area contributed by atoms with Gasteiger partial charge in [0.15, 0.2) is 5.96 Å². The van der Waals surface area contributed by atoms with Gasteiger partial charge in [-0.15, -0.1) is 24.0 Å². The Kier molecular flexibility index (Phi) is 11.0. The fourth-order valence-corrected chi connectivity index (χ4v) is 2.18. The van der Waals surface area contributed by atoms with Crippen molar-refractivity contribution in [1.29, 1.82) is 0 Å². The van der Waals surface area contributed by atoms with Crippen molar-refractivity contribution in [2.24, 2.45) is 10.7 Å². The van der Waals surface area contributed by atoms with Crippen LogP contribution in [-0.4, -0.2) is 31.6 Å². The van der Waals surface area contributed by atoms with E-state index in [9.17, 15) is 4.79 Å². The minimum atomic E-state index is -0.160. The molecule has 1 saturated carbocycles. The van der Waals surface area contributed by atoms with Crippen molar-refractivity contribution in [3.63, 3.8) is 0 Å². The number of halogens is 1. The Morgan fingerprint density at radius 1 is 1.32 bits per heavy atom. The first-order valence-electron chi connectivity index (χ1n) is 6.85. The monoisotopic (exact) mass is 383 g/mol. The third-order valence-electron chi connectivity index (χ3n) is 3.26. The second-order valence-electron chi connectivity index (χ2n) is 4.78. The molecule has 0 saturated heterocycles. The number of carbonyl (C=O) groups excluding carboxylic acids is 1. The van der Waals surface area contributed by atoms with Crippen LogP contribution in [0.4, 0.5) is 0 Å². The summed E-state index contributed by atoms with van der Waals surface area (Å²) in [7, 11) is 1.41. The highest BCUT2D eigenvalue weighted by molar-refractivity contribution is 14.0. The lowest BCUT2D eigenvalue weighted by Crippen LogP contribution is -2.41. The van der Waals surface area contributed by atoms with Crippen molar-refractivity contribution in [3.8, 4) is 0 Å². The molecule has 1 aliphatic carbocycles. The predicted octanol–water partition coefficient (Wildman–Crippen LogP) is 2.18. The van der Waals surface area contributed by atoms with Crippen LogP contribution in [0, 0.1) is 0 Å². The van der Waals surface area contributed by atoms with Gasteiger partial charge in [-0.25, -0.2) is 0 Å². The lowest BCUT2D eigenvalue weighted by molar-refractivity contribution is -0.140. The average molecular weight is 383 g/mol. The molecule has 0 heterocycles. The van der Waals surface area contributed by atoms with Crippen LogP contribution in [0.25, 0.3) is 0 Å². The van der Waals surface area contributed by atoms with Gasteiger partial charge in [-0.1, -0.05) is 19.3 Å². The highest BCUT2D eigenvalue weighted by Gasteiger charge is 2.12. The standard InChI is InChI=1S/C13H25N3O2.HI/c1-18-12(17)9-5-6-10-15-13(14)16-11-7-3-2-4-8-11;/h11H,2-10H2,1H3,(H3,14,15,16);1H. The first-order chi connectivity index (χ1) is 8.72. The summed E-state index contributed by atoms with van der Waals surface area (Å²) in [6.07, 6.45) is 8.41. The van der Waals surface area contributed by atoms with Gasteiger partial charge in [0.2, 0.25) is 0 Å². The molecule has 5 nitrogen and oxygen atoms in total. The number of nitrogens with zero attached hydrogens (tertiary/aromatic N) is 1. The van der Waals surface area contributed by atoms with Gasteiger partial charge >= 0.3 is 5.97 Å². The van der Waals surface area contributed by atoms with Crippen LogP contribution >= 0.6 is 24.0 Å². The maximum Gasteiger partial charge on any atom is 0.305 e. The predicted molar refractivity (Wildman–Crippen MR) is 87.8 cm³/mol. The van der Waals surface area contributed by atoms with E-state index in [0.717, 1.165) is 12.8 Å². The quantitative estimate of drug-likeness (QED) is 0.242. The minimum Gasteiger partial charge on any atom is -0.469 e. The summed E-state index contributed by atoms with van der Waals surface area (Å²) >= 11 is 0. The number of carbonyl (C=O) groups is 1. The fourth-order valence-electron chi connectivity index (χ4n) is 2.18.